The highest BCUT2D eigenvalue weighted by atomic mass is 32.1. The largest absolute Gasteiger partial charge is 0.297 e. The molecule has 0 spiro atoms. The second kappa shape index (κ2) is 6.05. The van der Waals surface area contributed by atoms with E-state index in [4.69, 9.17) is 4.98 Å². The smallest absolute Gasteiger partial charge is 0.159 e. The predicted molar refractivity (Wildman–Crippen MR) is 95.1 cm³/mol. The maximum Gasteiger partial charge on any atom is 0.159 e. The number of fused-ring (bicyclic) bond motifs is 1. The number of Topliss-reactive ketones (excluding diaryl/α,β-unsaturated/α-hetero) is 1. The number of hydrogen-bond acceptors (Lipinski definition) is 5. The minimum atomic E-state index is -0.239. The number of carbonyl (C=O) groups is 1. The number of nitrogens with zero attached hydrogens (tertiary/aromatic N) is 3. The van der Waals surface area contributed by atoms with Gasteiger partial charge in [-0.3, -0.25) is 19.7 Å². The quantitative estimate of drug-likeness (QED) is 0.853. The second-order valence-corrected chi connectivity index (χ2v) is 8.03. The number of rotatable bonds is 4. The molecule has 0 bridgehead atoms. The highest BCUT2D eigenvalue weighted by molar-refractivity contribution is 7.10. The van der Waals surface area contributed by atoms with Crippen molar-refractivity contribution < 1.29 is 4.79 Å². The van der Waals surface area contributed by atoms with Gasteiger partial charge in [0, 0.05) is 23.9 Å². The normalized spacial score (nSPS) is 19.1. The molecule has 0 radical (unpaired) electrons. The van der Waals surface area contributed by atoms with Crippen LogP contribution in [-0.4, -0.2) is 27.2 Å². The van der Waals surface area contributed by atoms with Crippen LogP contribution in [0.25, 0.3) is 0 Å². The third-order valence-electron chi connectivity index (χ3n) is 5.23. The van der Waals surface area contributed by atoms with Gasteiger partial charge in [-0.1, -0.05) is 0 Å². The SMILES string of the molecule is Cc1nc(C)c(C(C(=O)C2CC2)N2CCc3sccc3C2)nc1C. The Morgan fingerprint density at radius 3 is 2.71 bits per heavy atom. The van der Waals surface area contributed by atoms with Gasteiger partial charge in [0.2, 0.25) is 0 Å². The zero-order chi connectivity index (χ0) is 16.8. The van der Waals surface area contributed by atoms with Gasteiger partial charge in [0.1, 0.15) is 6.04 Å². The summed E-state index contributed by atoms with van der Waals surface area (Å²) < 4.78 is 0. The molecule has 126 valence electrons. The van der Waals surface area contributed by atoms with Crippen LogP contribution < -0.4 is 0 Å². The van der Waals surface area contributed by atoms with Crippen LogP contribution in [0.4, 0.5) is 0 Å². The van der Waals surface area contributed by atoms with E-state index in [-0.39, 0.29) is 12.0 Å². The van der Waals surface area contributed by atoms with Gasteiger partial charge in [-0.05, 0) is 57.0 Å². The summed E-state index contributed by atoms with van der Waals surface area (Å²) in [6.45, 7) is 7.72. The third-order valence-corrected chi connectivity index (χ3v) is 6.25. The number of carbonyl (C=O) groups excluding carboxylic acids is 1. The molecule has 2 aromatic heterocycles. The minimum Gasteiger partial charge on any atom is -0.297 e. The Morgan fingerprint density at radius 1 is 1.21 bits per heavy atom. The zero-order valence-corrected chi connectivity index (χ0v) is 15.3. The summed E-state index contributed by atoms with van der Waals surface area (Å²) >= 11 is 1.83. The van der Waals surface area contributed by atoms with Gasteiger partial charge in [0.15, 0.2) is 5.78 Å². The first-order chi connectivity index (χ1) is 11.5. The molecule has 1 aliphatic carbocycles. The number of aromatic nitrogens is 2. The summed E-state index contributed by atoms with van der Waals surface area (Å²) in [6, 6.07) is 1.96. The molecule has 0 aromatic carbocycles. The van der Waals surface area contributed by atoms with E-state index in [0.717, 1.165) is 55.1 Å². The summed E-state index contributed by atoms with van der Waals surface area (Å²) in [6.07, 6.45) is 3.09. The van der Waals surface area contributed by atoms with Gasteiger partial charge >= 0.3 is 0 Å². The molecule has 1 fully saturated rings. The summed E-state index contributed by atoms with van der Waals surface area (Å²) in [7, 11) is 0. The topological polar surface area (TPSA) is 46.1 Å². The van der Waals surface area contributed by atoms with E-state index in [1.165, 1.54) is 10.4 Å². The molecule has 1 saturated carbocycles. The van der Waals surface area contributed by atoms with Gasteiger partial charge in [0.05, 0.1) is 22.8 Å². The molecule has 1 unspecified atom stereocenters. The van der Waals surface area contributed by atoms with Crippen molar-refractivity contribution in [1.82, 2.24) is 14.9 Å². The van der Waals surface area contributed by atoms with Gasteiger partial charge < -0.3 is 0 Å². The van der Waals surface area contributed by atoms with Crippen LogP contribution in [0.5, 0.6) is 0 Å². The third kappa shape index (κ3) is 2.80. The lowest BCUT2D eigenvalue weighted by Crippen LogP contribution is -2.39. The molecular weight excluding hydrogens is 318 g/mol. The van der Waals surface area contributed by atoms with Crippen molar-refractivity contribution in [2.45, 2.75) is 52.6 Å². The second-order valence-electron chi connectivity index (χ2n) is 7.03. The standard InChI is InChI=1S/C19H23N3OS/c1-11-12(2)21-17(13(3)20-11)18(19(23)14-4-5-14)22-8-6-16-15(10-22)7-9-24-16/h7,9,14,18H,4-6,8,10H2,1-3H3. The molecule has 0 N–H and O–H groups in total. The van der Waals surface area contributed by atoms with Crippen molar-refractivity contribution in [2.75, 3.05) is 6.54 Å². The Bertz CT molecular complexity index is 794. The van der Waals surface area contributed by atoms with E-state index in [1.54, 1.807) is 0 Å². The molecule has 1 aliphatic heterocycles. The Kier molecular flexibility index (Phi) is 4.01. The summed E-state index contributed by atoms with van der Waals surface area (Å²) in [5.41, 5.74) is 5.02. The molecule has 4 rings (SSSR count). The monoisotopic (exact) mass is 341 g/mol. The fourth-order valence-corrected chi connectivity index (χ4v) is 4.45. The van der Waals surface area contributed by atoms with Crippen LogP contribution in [0, 0.1) is 26.7 Å². The average Bonchev–Trinajstić information content (AvgIpc) is 3.30. The molecule has 4 nitrogen and oxygen atoms in total. The molecule has 0 amide bonds. The van der Waals surface area contributed by atoms with Crippen molar-refractivity contribution in [2.24, 2.45) is 5.92 Å². The van der Waals surface area contributed by atoms with Crippen molar-refractivity contribution in [3.63, 3.8) is 0 Å². The molecular formula is C19H23N3OS. The van der Waals surface area contributed by atoms with E-state index in [0.29, 0.717) is 5.78 Å². The van der Waals surface area contributed by atoms with E-state index in [2.05, 4.69) is 21.3 Å². The van der Waals surface area contributed by atoms with Crippen LogP contribution in [0.1, 0.15) is 52.1 Å². The first-order valence-electron chi connectivity index (χ1n) is 8.69. The highest BCUT2D eigenvalue weighted by Crippen LogP contribution is 2.39. The van der Waals surface area contributed by atoms with E-state index >= 15 is 0 Å². The Balaban J connectivity index is 1.73. The molecule has 2 aromatic rings. The van der Waals surface area contributed by atoms with Gasteiger partial charge in [-0.2, -0.15) is 0 Å². The lowest BCUT2D eigenvalue weighted by Gasteiger charge is -2.34. The first-order valence-corrected chi connectivity index (χ1v) is 9.57. The van der Waals surface area contributed by atoms with Crippen LogP contribution >= 0.6 is 11.3 Å². The zero-order valence-electron chi connectivity index (χ0n) is 14.5. The average molecular weight is 341 g/mol. The number of ketones is 1. The maximum atomic E-state index is 13.1. The Morgan fingerprint density at radius 2 is 1.96 bits per heavy atom. The highest BCUT2D eigenvalue weighted by Gasteiger charge is 2.41. The minimum absolute atomic E-state index is 0.224. The van der Waals surface area contributed by atoms with Crippen molar-refractivity contribution in [1.29, 1.82) is 0 Å². The lowest BCUT2D eigenvalue weighted by atomic mass is 9.98. The van der Waals surface area contributed by atoms with Crippen LogP contribution in [0.15, 0.2) is 11.4 Å². The maximum absolute atomic E-state index is 13.1. The summed E-state index contributed by atoms with van der Waals surface area (Å²) in [5.74, 6) is 0.566. The molecule has 5 heteroatoms. The van der Waals surface area contributed by atoms with Crippen LogP contribution in [-0.2, 0) is 17.8 Å². The van der Waals surface area contributed by atoms with E-state index in [9.17, 15) is 4.79 Å². The van der Waals surface area contributed by atoms with Crippen molar-refractivity contribution >= 4 is 17.1 Å². The summed E-state index contributed by atoms with van der Waals surface area (Å²) in [4.78, 5) is 26.3. The Labute approximate surface area is 146 Å². The van der Waals surface area contributed by atoms with Gasteiger partial charge in [-0.25, -0.2) is 0 Å². The number of thiophene rings is 1. The first kappa shape index (κ1) is 15.9. The fourth-order valence-electron chi connectivity index (χ4n) is 3.56. The van der Waals surface area contributed by atoms with Gasteiger partial charge in [-0.15, -0.1) is 11.3 Å². The molecule has 0 saturated heterocycles. The molecule has 3 heterocycles. The molecule has 24 heavy (non-hydrogen) atoms. The van der Waals surface area contributed by atoms with Crippen LogP contribution in [0.3, 0.4) is 0 Å². The Hall–Kier alpha value is -1.59. The fraction of sp³-hybridized carbons (Fsp3) is 0.526. The molecule has 2 aliphatic rings. The van der Waals surface area contributed by atoms with Gasteiger partial charge in [0.25, 0.3) is 0 Å². The van der Waals surface area contributed by atoms with Crippen molar-refractivity contribution in [3.8, 4) is 0 Å². The summed E-state index contributed by atoms with van der Waals surface area (Å²) in [5, 5.41) is 2.16. The van der Waals surface area contributed by atoms with Crippen molar-refractivity contribution in [3.05, 3.63) is 44.7 Å². The van der Waals surface area contributed by atoms with E-state index < -0.39 is 0 Å². The van der Waals surface area contributed by atoms with E-state index in [1.807, 2.05) is 32.1 Å². The number of aryl methyl sites for hydroxylation is 3. The molecule has 1 atom stereocenters. The number of hydrogen-bond donors (Lipinski definition) is 0. The predicted octanol–water partition coefficient (Wildman–Crippen LogP) is 3.54. The lowest BCUT2D eigenvalue weighted by molar-refractivity contribution is -0.126. The van der Waals surface area contributed by atoms with Crippen LogP contribution in [0.2, 0.25) is 0 Å².